The highest BCUT2D eigenvalue weighted by molar-refractivity contribution is 5.17. The largest absolute Gasteiger partial charge is 0.331 e. The van der Waals surface area contributed by atoms with Crippen LogP contribution >= 0.6 is 0 Å². The van der Waals surface area contributed by atoms with Crippen LogP contribution in [0.1, 0.15) is 19.4 Å². The molecule has 0 amide bonds. The Morgan fingerprint density at radius 3 is 2.28 bits per heavy atom. The molecule has 0 aliphatic carbocycles. The molecule has 1 unspecified atom stereocenters. The van der Waals surface area contributed by atoms with E-state index in [9.17, 15) is 8.78 Å². The Kier molecular flexibility index (Phi) is 6.22. The van der Waals surface area contributed by atoms with Gasteiger partial charge in [0.05, 0.1) is 20.1 Å². The molecule has 1 aromatic carbocycles. The average Bonchev–Trinajstić information content (AvgIpc) is 2.34. The first-order chi connectivity index (χ1) is 8.56. The molecule has 0 aliphatic rings. The fraction of sp³-hybridized carbons (Fsp3) is 0.571. The molecule has 0 radical (unpaired) electrons. The van der Waals surface area contributed by atoms with Crippen LogP contribution in [-0.4, -0.2) is 33.2 Å². The molecule has 0 fully saturated rings. The van der Waals surface area contributed by atoms with Gasteiger partial charge in [0, 0.05) is 11.6 Å². The molecule has 4 heteroatoms. The van der Waals surface area contributed by atoms with Gasteiger partial charge in [0.2, 0.25) is 0 Å². The van der Waals surface area contributed by atoms with Gasteiger partial charge in [0.1, 0.15) is 31.3 Å². The highest BCUT2D eigenvalue weighted by atomic mass is 19.1. The van der Waals surface area contributed by atoms with Crippen molar-refractivity contribution in [3.63, 3.8) is 0 Å². The van der Waals surface area contributed by atoms with Gasteiger partial charge in [-0.1, -0.05) is 0 Å². The summed E-state index contributed by atoms with van der Waals surface area (Å²) in [7, 11) is 2.05. The number of rotatable bonds is 7. The molecule has 1 rings (SSSR count). The normalized spacial score (nSPS) is 13.0. The van der Waals surface area contributed by atoms with Crippen LogP contribution in [0.4, 0.5) is 8.78 Å². The second-order valence-electron chi connectivity index (χ2n) is 4.83. The Morgan fingerprint density at radius 1 is 1.06 bits per heavy atom. The Morgan fingerprint density at radius 2 is 1.72 bits per heavy atom. The van der Waals surface area contributed by atoms with Crippen LogP contribution in [0.3, 0.4) is 0 Å². The van der Waals surface area contributed by atoms with E-state index in [1.165, 1.54) is 11.0 Å². The average molecular weight is 258 g/mol. The number of hydrogen-bond donors (Lipinski definition) is 2. The smallest absolute Gasteiger partial charge is 0.134 e. The number of benzene rings is 1. The van der Waals surface area contributed by atoms with Gasteiger partial charge < -0.3 is 9.80 Å². The first-order valence-corrected chi connectivity index (χ1v) is 6.65. The zero-order valence-electron chi connectivity index (χ0n) is 11.5. The molecular formula is C14H24F2N2+2. The van der Waals surface area contributed by atoms with Gasteiger partial charge in [0.15, 0.2) is 0 Å². The third kappa shape index (κ3) is 4.70. The van der Waals surface area contributed by atoms with Gasteiger partial charge in [-0.2, -0.15) is 0 Å². The maximum Gasteiger partial charge on any atom is 0.134 e. The quantitative estimate of drug-likeness (QED) is 0.676. The molecule has 0 bridgehead atoms. The van der Waals surface area contributed by atoms with Crippen LogP contribution in [0.15, 0.2) is 18.2 Å². The van der Waals surface area contributed by atoms with Crippen molar-refractivity contribution in [2.75, 3.05) is 33.2 Å². The van der Waals surface area contributed by atoms with Crippen molar-refractivity contribution in [2.45, 2.75) is 20.4 Å². The Hall–Kier alpha value is -1.00. The van der Waals surface area contributed by atoms with Crippen LogP contribution < -0.4 is 9.80 Å². The van der Waals surface area contributed by atoms with Crippen LogP contribution in [0.25, 0.3) is 0 Å². The molecule has 0 heterocycles. The van der Waals surface area contributed by atoms with E-state index in [-0.39, 0.29) is 0 Å². The summed E-state index contributed by atoms with van der Waals surface area (Å²) in [4.78, 5) is 2.80. The summed E-state index contributed by atoms with van der Waals surface area (Å²) < 4.78 is 26.3. The van der Waals surface area contributed by atoms with E-state index in [4.69, 9.17) is 0 Å². The van der Waals surface area contributed by atoms with Crippen molar-refractivity contribution in [3.05, 3.63) is 35.4 Å². The van der Waals surface area contributed by atoms with E-state index in [0.29, 0.717) is 12.1 Å². The molecule has 0 aliphatic heterocycles. The molecular weight excluding hydrogens is 234 g/mol. The van der Waals surface area contributed by atoms with Crippen LogP contribution in [0, 0.1) is 11.6 Å². The standard InChI is InChI=1S/C14H22F2N2/c1-4-18(5-2)9-8-17(3)11-12-6-7-13(15)10-14(12)16/h6-7,10H,4-5,8-9,11H2,1-3H3/p+2. The molecule has 102 valence electrons. The van der Waals surface area contributed by atoms with Gasteiger partial charge in [-0.3, -0.25) is 0 Å². The minimum absolute atomic E-state index is 0.440. The van der Waals surface area contributed by atoms with E-state index >= 15 is 0 Å². The summed E-state index contributed by atoms with van der Waals surface area (Å²) in [6, 6.07) is 3.82. The molecule has 0 saturated heterocycles. The Balaban J connectivity index is 2.46. The number of hydrogen-bond acceptors (Lipinski definition) is 0. The van der Waals surface area contributed by atoms with Gasteiger partial charge in [-0.25, -0.2) is 8.78 Å². The third-order valence-corrected chi connectivity index (χ3v) is 3.41. The summed E-state index contributed by atoms with van der Waals surface area (Å²) in [5.74, 6) is -0.953. The molecule has 0 aromatic heterocycles. The molecule has 2 nitrogen and oxygen atoms in total. The minimum atomic E-state index is -0.513. The predicted molar refractivity (Wildman–Crippen MR) is 68.7 cm³/mol. The summed E-state index contributed by atoms with van der Waals surface area (Å²) in [5, 5.41) is 0. The first kappa shape index (κ1) is 15.1. The van der Waals surface area contributed by atoms with Gasteiger partial charge in [-0.15, -0.1) is 0 Å². The fourth-order valence-corrected chi connectivity index (χ4v) is 2.07. The first-order valence-electron chi connectivity index (χ1n) is 6.65. The maximum absolute atomic E-state index is 13.5. The van der Waals surface area contributed by atoms with Gasteiger partial charge >= 0.3 is 0 Å². The molecule has 18 heavy (non-hydrogen) atoms. The number of likely N-dealkylation sites (N-methyl/N-ethyl adjacent to an activating group) is 2. The zero-order chi connectivity index (χ0) is 13.5. The van der Waals surface area contributed by atoms with E-state index in [1.54, 1.807) is 11.0 Å². The van der Waals surface area contributed by atoms with Gasteiger partial charge in [-0.05, 0) is 26.0 Å². The number of quaternary nitrogens is 2. The van der Waals surface area contributed by atoms with Crippen molar-refractivity contribution in [1.82, 2.24) is 0 Å². The van der Waals surface area contributed by atoms with E-state index in [0.717, 1.165) is 32.2 Å². The van der Waals surface area contributed by atoms with E-state index in [1.807, 2.05) is 7.05 Å². The third-order valence-electron chi connectivity index (χ3n) is 3.41. The maximum atomic E-state index is 13.5. The minimum Gasteiger partial charge on any atom is -0.331 e. The SMILES string of the molecule is CC[NH+](CC)CC[NH+](C)Cc1ccc(F)cc1F. The molecule has 0 spiro atoms. The molecule has 1 atom stereocenters. The van der Waals surface area contributed by atoms with E-state index in [2.05, 4.69) is 13.8 Å². The lowest BCUT2D eigenvalue weighted by Crippen LogP contribution is -3.18. The Labute approximate surface area is 108 Å². The summed E-state index contributed by atoms with van der Waals surface area (Å²) in [5.41, 5.74) is 0.587. The number of halogens is 2. The lowest BCUT2D eigenvalue weighted by atomic mass is 10.2. The second kappa shape index (κ2) is 7.44. The van der Waals surface area contributed by atoms with Crippen molar-refractivity contribution in [3.8, 4) is 0 Å². The molecule has 1 aromatic rings. The fourth-order valence-electron chi connectivity index (χ4n) is 2.07. The summed E-state index contributed by atoms with van der Waals surface area (Å²) in [6.45, 7) is 9.27. The van der Waals surface area contributed by atoms with Crippen LogP contribution in [-0.2, 0) is 6.54 Å². The lowest BCUT2D eigenvalue weighted by Gasteiger charge is -2.19. The van der Waals surface area contributed by atoms with Crippen molar-refractivity contribution in [2.24, 2.45) is 0 Å². The predicted octanol–water partition coefficient (Wildman–Crippen LogP) is -0.0958. The highest BCUT2D eigenvalue weighted by Crippen LogP contribution is 2.07. The topological polar surface area (TPSA) is 8.88 Å². The van der Waals surface area contributed by atoms with Gasteiger partial charge in [0.25, 0.3) is 0 Å². The summed E-state index contributed by atoms with van der Waals surface area (Å²) in [6.07, 6.45) is 0. The van der Waals surface area contributed by atoms with Crippen molar-refractivity contribution >= 4 is 0 Å². The number of nitrogens with one attached hydrogen (secondary N) is 2. The van der Waals surface area contributed by atoms with Crippen molar-refractivity contribution < 1.29 is 18.6 Å². The molecule has 0 saturated carbocycles. The summed E-state index contributed by atoms with van der Waals surface area (Å²) >= 11 is 0. The lowest BCUT2D eigenvalue weighted by molar-refractivity contribution is -0.953. The van der Waals surface area contributed by atoms with Crippen molar-refractivity contribution in [1.29, 1.82) is 0 Å². The monoisotopic (exact) mass is 258 g/mol. The van der Waals surface area contributed by atoms with Crippen LogP contribution in [0.2, 0.25) is 0 Å². The highest BCUT2D eigenvalue weighted by Gasteiger charge is 2.12. The Bertz CT molecular complexity index is 365. The zero-order valence-corrected chi connectivity index (χ0v) is 11.5. The van der Waals surface area contributed by atoms with Crippen LogP contribution in [0.5, 0.6) is 0 Å². The van der Waals surface area contributed by atoms with E-state index < -0.39 is 11.6 Å². The second-order valence-corrected chi connectivity index (χ2v) is 4.83. The molecule has 2 N–H and O–H groups in total.